The van der Waals surface area contributed by atoms with Crippen LogP contribution in [0.5, 0.6) is 0 Å². The molecule has 2 N–H and O–H groups in total. The molecule has 0 spiro atoms. The quantitative estimate of drug-likeness (QED) is 0.841. The van der Waals surface area contributed by atoms with Gasteiger partial charge < -0.3 is 5.32 Å². The second-order valence-corrected chi connectivity index (χ2v) is 3.82. The van der Waals surface area contributed by atoms with Gasteiger partial charge in [0.2, 0.25) is 5.13 Å². The number of nitrogens with zero attached hydrogens (tertiary/aromatic N) is 4. The largest absolute Gasteiger partial charge is 0.384 e. The van der Waals surface area contributed by atoms with E-state index < -0.39 is 0 Å². The lowest BCUT2D eigenvalue weighted by Gasteiger charge is -2.03. The summed E-state index contributed by atoms with van der Waals surface area (Å²) in [6.45, 7) is 2.80. The highest BCUT2D eigenvalue weighted by Crippen LogP contribution is 2.09. The maximum absolute atomic E-state index is 11.7. The fraction of sp³-hybridized carbons (Fsp3) is 0.222. The molecule has 0 unspecified atom stereocenters. The molecule has 2 rings (SSSR count). The van der Waals surface area contributed by atoms with E-state index in [1.807, 2.05) is 6.92 Å². The van der Waals surface area contributed by atoms with Crippen LogP contribution in [0.3, 0.4) is 0 Å². The van der Waals surface area contributed by atoms with Gasteiger partial charge in [-0.2, -0.15) is 0 Å². The van der Waals surface area contributed by atoms with E-state index in [4.69, 9.17) is 0 Å². The van der Waals surface area contributed by atoms with Gasteiger partial charge in [-0.05, 0) is 24.3 Å². The Labute approximate surface area is 101 Å². The van der Waals surface area contributed by atoms with Gasteiger partial charge in [-0.1, -0.05) is 9.59 Å². The van der Waals surface area contributed by atoms with Crippen molar-refractivity contribution in [3.63, 3.8) is 0 Å². The molecule has 0 bridgehead atoms. The Morgan fingerprint density at radius 2 is 2.35 bits per heavy atom. The van der Waals surface area contributed by atoms with Gasteiger partial charge in [0, 0.05) is 18.1 Å². The second-order valence-electron chi connectivity index (χ2n) is 3.08. The Morgan fingerprint density at radius 3 is 2.94 bits per heavy atom. The van der Waals surface area contributed by atoms with Crippen LogP contribution in [0.4, 0.5) is 10.8 Å². The van der Waals surface area contributed by atoms with Crippen molar-refractivity contribution in [1.82, 2.24) is 19.8 Å². The Hall–Kier alpha value is -2.09. The standard InChI is InChI=1S/C9H10N6OS/c1-2-10-6-3-4-7(11-5-6)8(16)12-9-13-14-15-17-9/h3-5,10H,2H2,1H3,(H,12,13,15,16). The van der Waals surface area contributed by atoms with Crippen LogP contribution in [0.15, 0.2) is 18.3 Å². The van der Waals surface area contributed by atoms with E-state index in [0.29, 0.717) is 10.8 Å². The molecular formula is C9H10N6OS. The van der Waals surface area contributed by atoms with E-state index in [1.165, 1.54) is 0 Å². The minimum atomic E-state index is -0.327. The average molecular weight is 250 g/mol. The third-order valence-corrected chi connectivity index (χ3v) is 2.41. The molecule has 17 heavy (non-hydrogen) atoms. The van der Waals surface area contributed by atoms with Crippen LogP contribution in [0.25, 0.3) is 0 Å². The molecule has 0 atom stereocenters. The van der Waals surface area contributed by atoms with Crippen LogP contribution >= 0.6 is 11.5 Å². The predicted molar refractivity (Wildman–Crippen MR) is 64.1 cm³/mol. The minimum Gasteiger partial charge on any atom is -0.384 e. The highest BCUT2D eigenvalue weighted by Gasteiger charge is 2.09. The van der Waals surface area contributed by atoms with Gasteiger partial charge in [-0.25, -0.2) is 4.98 Å². The molecule has 0 aromatic carbocycles. The Morgan fingerprint density at radius 1 is 1.47 bits per heavy atom. The van der Waals surface area contributed by atoms with Crippen molar-refractivity contribution < 1.29 is 4.79 Å². The van der Waals surface area contributed by atoms with E-state index in [-0.39, 0.29) is 5.91 Å². The van der Waals surface area contributed by atoms with Crippen LogP contribution in [0, 0.1) is 0 Å². The van der Waals surface area contributed by atoms with Crippen LogP contribution in [0.2, 0.25) is 0 Å². The van der Waals surface area contributed by atoms with E-state index in [9.17, 15) is 4.79 Å². The molecule has 0 saturated heterocycles. The molecule has 0 aliphatic carbocycles. The maximum atomic E-state index is 11.7. The molecule has 0 saturated carbocycles. The Kier molecular flexibility index (Phi) is 3.55. The summed E-state index contributed by atoms with van der Waals surface area (Å²) in [6, 6.07) is 3.44. The lowest BCUT2D eigenvalue weighted by atomic mass is 10.3. The zero-order chi connectivity index (χ0) is 12.1. The molecule has 2 aromatic rings. The number of amides is 1. The van der Waals surface area contributed by atoms with E-state index in [0.717, 1.165) is 23.8 Å². The summed E-state index contributed by atoms with van der Waals surface area (Å²) in [7, 11) is 0. The third kappa shape index (κ3) is 2.94. The zero-order valence-electron chi connectivity index (χ0n) is 9.04. The van der Waals surface area contributed by atoms with Crippen LogP contribution in [-0.2, 0) is 0 Å². The lowest BCUT2D eigenvalue weighted by Crippen LogP contribution is -2.13. The number of carbonyl (C=O) groups excluding carboxylic acids is 1. The molecule has 7 nitrogen and oxygen atoms in total. The molecule has 1 amide bonds. The van der Waals surface area contributed by atoms with Crippen molar-refractivity contribution in [3.05, 3.63) is 24.0 Å². The molecule has 8 heteroatoms. The number of hydrogen-bond donors (Lipinski definition) is 2. The summed E-state index contributed by atoms with van der Waals surface area (Å²) in [4.78, 5) is 15.7. The molecule has 0 fully saturated rings. The molecule has 0 radical (unpaired) electrons. The lowest BCUT2D eigenvalue weighted by molar-refractivity contribution is 0.102. The number of carbonyl (C=O) groups is 1. The number of nitrogens with one attached hydrogen (secondary N) is 2. The second kappa shape index (κ2) is 5.30. The van der Waals surface area contributed by atoms with Crippen molar-refractivity contribution in [2.45, 2.75) is 6.92 Å². The number of hydrogen-bond acceptors (Lipinski definition) is 7. The number of aromatic nitrogens is 4. The molecule has 2 aromatic heterocycles. The summed E-state index contributed by atoms with van der Waals surface area (Å²) in [5, 5.41) is 13.0. The van der Waals surface area contributed by atoms with Gasteiger partial charge >= 0.3 is 0 Å². The summed E-state index contributed by atoms with van der Waals surface area (Å²) in [5.41, 5.74) is 1.20. The Bertz CT molecular complexity index is 483. The van der Waals surface area contributed by atoms with E-state index in [2.05, 4.69) is 30.4 Å². The van der Waals surface area contributed by atoms with Gasteiger partial charge in [0.05, 0.1) is 11.9 Å². The van der Waals surface area contributed by atoms with Gasteiger partial charge in [-0.3, -0.25) is 10.1 Å². The number of pyridine rings is 1. The average Bonchev–Trinajstić information content (AvgIpc) is 2.83. The van der Waals surface area contributed by atoms with Crippen LogP contribution in [0.1, 0.15) is 17.4 Å². The first-order valence-electron chi connectivity index (χ1n) is 4.96. The van der Waals surface area contributed by atoms with Crippen molar-refractivity contribution in [3.8, 4) is 0 Å². The number of rotatable bonds is 4. The van der Waals surface area contributed by atoms with Crippen molar-refractivity contribution in [2.75, 3.05) is 17.2 Å². The van der Waals surface area contributed by atoms with E-state index in [1.54, 1.807) is 18.3 Å². The van der Waals surface area contributed by atoms with Crippen molar-refractivity contribution >= 4 is 28.3 Å². The van der Waals surface area contributed by atoms with Gasteiger partial charge in [-0.15, -0.1) is 0 Å². The van der Waals surface area contributed by atoms with Crippen molar-refractivity contribution in [1.29, 1.82) is 0 Å². The van der Waals surface area contributed by atoms with E-state index >= 15 is 0 Å². The van der Waals surface area contributed by atoms with Gasteiger partial charge in [0.25, 0.3) is 5.91 Å². The molecule has 88 valence electrons. The van der Waals surface area contributed by atoms with Crippen molar-refractivity contribution in [2.24, 2.45) is 0 Å². The highest BCUT2D eigenvalue weighted by atomic mass is 32.1. The predicted octanol–water partition coefficient (Wildman–Crippen LogP) is 1.01. The van der Waals surface area contributed by atoms with Gasteiger partial charge in [0.15, 0.2) is 0 Å². The summed E-state index contributed by atoms with van der Waals surface area (Å²) < 4.78 is 3.54. The van der Waals surface area contributed by atoms with Crippen LogP contribution < -0.4 is 10.6 Å². The summed E-state index contributed by atoms with van der Waals surface area (Å²) in [6.07, 6.45) is 1.61. The molecule has 0 aliphatic rings. The SMILES string of the molecule is CCNc1ccc(C(=O)Nc2nnns2)nc1. The summed E-state index contributed by atoms with van der Waals surface area (Å²) >= 11 is 1.01. The monoisotopic (exact) mass is 250 g/mol. The fourth-order valence-corrected chi connectivity index (χ4v) is 1.54. The topological polar surface area (TPSA) is 92.7 Å². The first kappa shape index (κ1) is 11.4. The molecule has 0 aliphatic heterocycles. The number of anilines is 2. The smallest absolute Gasteiger partial charge is 0.276 e. The van der Waals surface area contributed by atoms with Crippen LogP contribution in [-0.4, -0.2) is 32.2 Å². The molecular weight excluding hydrogens is 240 g/mol. The zero-order valence-corrected chi connectivity index (χ0v) is 9.86. The third-order valence-electron chi connectivity index (χ3n) is 1.90. The summed E-state index contributed by atoms with van der Waals surface area (Å²) in [5.74, 6) is -0.327. The fourth-order valence-electron chi connectivity index (χ4n) is 1.18. The Balaban J connectivity index is 2.04. The first-order chi connectivity index (χ1) is 8.29. The van der Waals surface area contributed by atoms with Gasteiger partial charge in [0.1, 0.15) is 5.69 Å². The normalized spacial score (nSPS) is 9.94. The first-order valence-corrected chi connectivity index (χ1v) is 5.73. The highest BCUT2D eigenvalue weighted by molar-refractivity contribution is 7.09. The molecule has 2 heterocycles. The minimum absolute atomic E-state index is 0.321. The maximum Gasteiger partial charge on any atom is 0.276 e.